The lowest BCUT2D eigenvalue weighted by Gasteiger charge is -2.16. The highest BCUT2D eigenvalue weighted by Gasteiger charge is 2.28. The van der Waals surface area contributed by atoms with Gasteiger partial charge in [0.2, 0.25) is 0 Å². The van der Waals surface area contributed by atoms with Crippen molar-refractivity contribution in [3.8, 4) is 0 Å². The van der Waals surface area contributed by atoms with Gasteiger partial charge in [0.25, 0.3) is 5.91 Å². The van der Waals surface area contributed by atoms with E-state index in [1.54, 1.807) is 29.2 Å². The first-order valence-electron chi connectivity index (χ1n) is 9.61. The number of nitrogens with zero attached hydrogens (tertiary/aromatic N) is 1. The molecule has 1 saturated heterocycles. The molecule has 7 nitrogen and oxygen atoms in total. The summed E-state index contributed by atoms with van der Waals surface area (Å²) in [5.74, 6) is 0.0668. The van der Waals surface area contributed by atoms with Gasteiger partial charge in [-0.15, -0.1) is 0 Å². The summed E-state index contributed by atoms with van der Waals surface area (Å²) < 4.78 is 23.0. The second kappa shape index (κ2) is 7.87. The van der Waals surface area contributed by atoms with Crippen molar-refractivity contribution in [2.45, 2.75) is 19.5 Å². The third-order valence-electron chi connectivity index (χ3n) is 5.40. The van der Waals surface area contributed by atoms with Gasteiger partial charge in [0.05, 0.1) is 11.5 Å². The zero-order chi connectivity index (χ0) is 20.4. The molecular formula is C21H23N3O4S. The number of carbonyl (C=O) groups is 2. The number of hydrogen-bond donors (Lipinski definition) is 2. The average Bonchev–Trinajstić information content (AvgIpc) is 3.29. The molecule has 2 heterocycles. The van der Waals surface area contributed by atoms with Crippen molar-refractivity contribution in [3.63, 3.8) is 0 Å². The largest absolute Gasteiger partial charge is 0.352 e. The van der Waals surface area contributed by atoms with Crippen LogP contribution in [0.4, 0.5) is 10.5 Å². The van der Waals surface area contributed by atoms with Crippen molar-refractivity contribution < 1.29 is 18.0 Å². The van der Waals surface area contributed by atoms with Crippen LogP contribution < -0.4 is 10.6 Å². The monoisotopic (exact) mass is 413 g/mol. The predicted octanol–water partition coefficient (Wildman–Crippen LogP) is 2.40. The molecule has 2 N–H and O–H groups in total. The molecule has 1 unspecified atom stereocenters. The normalized spacial score (nSPS) is 19.6. The van der Waals surface area contributed by atoms with Crippen LogP contribution in [-0.2, 0) is 22.9 Å². The number of fused-ring (bicyclic) bond motifs is 1. The molecule has 0 saturated carbocycles. The van der Waals surface area contributed by atoms with Gasteiger partial charge < -0.3 is 15.5 Å². The summed E-state index contributed by atoms with van der Waals surface area (Å²) in [6.45, 7) is 1.52. The van der Waals surface area contributed by atoms with E-state index in [2.05, 4.69) is 10.6 Å². The fraction of sp³-hybridized carbons (Fsp3) is 0.333. The third-order valence-corrected chi connectivity index (χ3v) is 7.24. The average molecular weight is 413 g/mol. The molecule has 0 aromatic heterocycles. The highest BCUT2D eigenvalue weighted by molar-refractivity contribution is 7.91. The molecule has 8 heteroatoms. The van der Waals surface area contributed by atoms with E-state index in [0.717, 1.165) is 11.1 Å². The molecule has 2 aliphatic heterocycles. The molecule has 29 heavy (non-hydrogen) atoms. The maximum absolute atomic E-state index is 12.5. The Morgan fingerprint density at radius 3 is 2.24 bits per heavy atom. The molecule has 2 aromatic rings. The van der Waals surface area contributed by atoms with Crippen LogP contribution in [0.2, 0.25) is 0 Å². The first kappa shape index (κ1) is 19.4. The van der Waals surface area contributed by atoms with Crippen LogP contribution in [0.25, 0.3) is 0 Å². The number of hydrogen-bond acceptors (Lipinski definition) is 4. The van der Waals surface area contributed by atoms with Gasteiger partial charge in [-0.25, -0.2) is 13.2 Å². The maximum atomic E-state index is 12.5. The smallest absolute Gasteiger partial charge is 0.322 e. The Kier molecular flexibility index (Phi) is 5.27. The Labute approximate surface area is 170 Å². The molecule has 152 valence electrons. The first-order valence-corrected chi connectivity index (χ1v) is 11.4. The zero-order valence-electron chi connectivity index (χ0n) is 15.9. The lowest BCUT2D eigenvalue weighted by molar-refractivity contribution is 0.0948. The quantitative estimate of drug-likeness (QED) is 0.805. The summed E-state index contributed by atoms with van der Waals surface area (Å²) in [5, 5.41) is 5.65. The number of amides is 3. The van der Waals surface area contributed by atoms with Crippen molar-refractivity contribution in [2.24, 2.45) is 5.92 Å². The van der Waals surface area contributed by atoms with E-state index in [1.165, 1.54) is 0 Å². The van der Waals surface area contributed by atoms with Gasteiger partial charge in [-0.3, -0.25) is 4.79 Å². The van der Waals surface area contributed by atoms with Gasteiger partial charge in [-0.1, -0.05) is 24.3 Å². The van der Waals surface area contributed by atoms with Crippen LogP contribution in [-0.4, -0.2) is 43.3 Å². The maximum Gasteiger partial charge on any atom is 0.322 e. The standard InChI is InChI=1S/C21H23N3O4S/c25-20(22-11-15-9-10-29(27,28)14-15)16-5-7-19(8-6-16)23-21(26)24-12-17-3-1-2-4-18(17)13-24/h1-8,15H,9-14H2,(H,22,25)(H,23,26). The molecule has 3 amide bonds. The minimum Gasteiger partial charge on any atom is -0.352 e. The van der Waals surface area contributed by atoms with E-state index in [0.29, 0.717) is 37.3 Å². The van der Waals surface area contributed by atoms with Crippen molar-refractivity contribution >= 4 is 27.5 Å². The van der Waals surface area contributed by atoms with Gasteiger partial charge in [-0.2, -0.15) is 0 Å². The second-order valence-electron chi connectivity index (χ2n) is 7.61. The molecular weight excluding hydrogens is 390 g/mol. The number of nitrogens with one attached hydrogen (secondary N) is 2. The Hall–Kier alpha value is -2.87. The highest BCUT2D eigenvalue weighted by Crippen LogP contribution is 2.23. The molecule has 1 fully saturated rings. The third kappa shape index (κ3) is 4.59. The minimum atomic E-state index is -2.95. The number of urea groups is 1. The molecule has 2 aliphatic rings. The fourth-order valence-corrected chi connectivity index (χ4v) is 5.62. The molecule has 1 atom stereocenters. The predicted molar refractivity (Wildman–Crippen MR) is 110 cm³/mol. The van der Waals surface area contributed by atoms with E-state index in [-0.39, 0.29) is 29.4 Å². The number of carbonyl (C=O) groups excluding carboxylic acids is 2. The van der Waals surface area contributed by atoms with Gasteiger partial charge in [-0.05, 0) is 47.7 Å². The molecule has 0 aliphatic carbocycles. The molecule has 0 bridgehead atoms. The van der Waals surface area contributed by atoms with E-state index < -0.39 is 9.84 Å². The zero-order valence-corrected chi connectivity index (χ0v) is 16.7. The Morgan fingerprint density at radius 2 is 1.66 bits per heavy atom. The van der Waals surface area contributed by atoms with Crippen LogP contribution >= 0.6 is 0 Å². The molecule has 4 rings (SSSR count). The van der Waals surface area contributed by atoms with Gasteiger partial charge in [0.1, 0.15) is 0 Å². The topological polar surface area (TPSA) is 95.6 Å². The Bertz CT molecular complexity index is 1010. The van der Waals surface area contributed by atoms with E-state index in [4.69, 9.17) is 0 Å². The summed E-state index contributed by atoms with van der Waals surface area (Å²) in [5.41, 5.74) is 3.40. The summed E-state index contributed by atoms with van der Waals surface area (Å²) in [6, 6.07) is 14.5. The number of benzene rings is 2. The Morgan fingerprint density at radius 1 is 1.00 bits per heavy atom. The van der Waals surface area contributed by atoms with Crippen molar-refractivity contribution in [2.75, 3.05) is 23.4 Å². The van der Waals surface area contributed by atoms with Gasteiger partial charge in [0.15, 0.2) is 9.84 Å². The van der Waals surface area contributed by atoms with Crippen molar-refractivity contribution in [1.82, 2.24) is 10.2 Å². The van der Waals surface area contributed by atoms with Gasteiger partial charge >= 0.3 is 6.03 Å². The summed E-state index contributed by atoms with van der Waals surface area (Å²) in [4.78, 5) is 26.5. The molecule has 0 radical (unpaired) electrons. The van der Waals surface area contributed by atoms with E-state index >= 15 is 0 Å². The SMILES string of the molecule is O=C(NCC1CCS(=O)(=O)C1)c1ccc(NC(=O)N2Cc3ccccc3C2)cc1. The summed E-state index contributed by atoms with van der Waals surface area (Å²) in [7, 11) is -2.95. The first-order chi connectivity index (χ1) is 13.9. The van der Waals surface area contributed by atoms with Crippen molar-refractivity contribution in [3.05, 3.63) is 65.2 Å². The van der Waals surface area contributed by atoms with Crippen molar-refractivity contribution in [1.29, 1.82) is 0 Å². The molecule has 2 aromatic carbocycles. The number of sulfone groups is 1. The summed E-state index contributed by atoms with van der Waals surface area (Å²) >= 11 is 0. The summed E-state index contributed by atoms with van der Waals surface area (Å²) in [6.07, 6.45) is 0.591. The van der Waals surface area contributed by atoms with E-state index in [1.807, 2.05) is 24.3 Å². The van der Waals surface area contributed by atoms with Crippen LogP contribution in [0, 0.1) is 5.92 Å². The minimum absolute atomic E-state index is 0.0212. The van der Waals surface area contributed by atoms with Gasteiger partial charge in [0, 0.05) is 30.9 Å². The van der Waals surface area contributed by atoms with Crippen LogP contribution in [0.3, 0.4) is 0 Å². The lowest BCUT2D eigenvalue weighted by Crippen LogP contribution is -2.30. The second-order valence-corrected chi connectivity index (χ2v) is 9.84. The van der Waals surface area contributed by atoms with Crippen LogP contribution in [0.15, 0.2) is 48.5 Å². The lowest BCUT2D eigenvalue weighted by atomic mass is 10.1. The highest BCUT2D eigenvalue weighted by atomic mass is 32.2. The Balaban J connectivity index is 1.29. The number of anilines is 1. The molecule has 0 spiro atoms. The van der Waals surface area contributed by atoms with Crippen LogP contribution in [0.5, 0.6) is 0 Å². The van der Waals surface area contributed by atoms with Crippen LogP contribution in [0.1, 0.15) is 27.9 Å². The number of rotatable bonds is 4. The van der Waals surface area contributed by atoms with E-state index in [9.17, 15) is 18.0 Å². The fourth-order valence-electron chi connectivity index (χ4n) is 3.76.